The molecule has 2 heterocycles. The van der Waals surface area contributed by atoms with Crippen molar-refractivity contribution >= 4 is 24.5 Å². The van der Waals surface area contributed by atoms with Crippen molar-refractivity contribution in [3.05, 3.63) is 46.9 Å². The van der Waals surface area contributed by atoms with Gasteiger partial charge in [0, 0.05) is 0 Å². The number of ether oxygens (including phenoxy) is 4. The van der Waals surface area contributed by atoms with Crippen LogP contribution in [0.1, 0.15) is 38.8 Å². The Labute approximate surface area is 139 Å². The van der Waals surface area contributed by atoms with Crippen LogP contribution in [0.25, 0.3) is 12.2 Å². The topological polar surface area (TPSA) is 71.1 Å². The summed E-state index contributed by atoms with van der Waals surface area (Å²) in [5.74, 6) is 0.913. The minimum atomic E-state index is -0.781. The van der Waals surface area contributed by atoms with Crippen molar-refractivity contribution in [1.29, 1.82) is 0 Å². The SMILES string of the molecule is CC1(C)OC(=O)O/C1=C\c1ccc(/C=C2\OC(=O)OC2(C)C)cc1. The summed E-state index contributed by atoms with van der Waals surface area (Å²) in [4.78, 5) is 22.5. The van der Waals surface area contributed by atoms with Gasteiger partial charge in [-0.15, -0.1) is 0 Å². The van der Waals surface area contributed by atoms with Gasteiger partial charge in [-0.2, -0.15) is 0 Å². The van der Waals surface area contributed by atoms with Crippen molar-refractivity contribution in [2.75, 3.05) is 0 Å². The summed E-state index contributed by atoms with van der Waals surface area (Å²) in [6.45, 7) is 7.05. The Balaban J connectivity index is 1.82. The van der Waals surface area contributed by atoms with Crippen LogP contribution in [0.4, 0.5) is 9.59 Å². The lowest BCUT2D eigenvalue weighted by molar-refractivity contribution is 0.0860. The molecule has 2 aliphatic heterocycles. The van der Waals surface area contributed by atoms with E-state index in [9.17, 15) is 9.59 Å². The molecule has 2 fully saturated rings. The van der Waals surface area contributed by atoms with Crippen molar-refractivity contribution in [1.82, 2.24) is 0 Å². The van der Waals surface area contributed by atoms with Gasteiger partial charge >= 0.3 is 12.3 Å². The Morgan fingerprint density at radius 1 is 0.708 bits per heavy atom. The molecule has 0 aliphatic carbocycles. The molecule has 2 saturated heterocycles. The monoisotopic (exact) mass is 330 g/mol. The lowest BCUT2D eigenvalue weighted by Crippen LogP contribution is -2.20. The molecule has 24 heavy (non-hydrogen) atoms. The van der Waals surface area contributed by atoms with E-state index < -0.39 is 23.5 Å². The first-order chi connectivity index (χ1) is 11.2. The number of hydrogen-bond acceptors (Lipinski definition) is 6. The fourth-order valence-corrected chi connectivity index (χ4v) is 2.38. The van der Waals surface area contributed by atoms with E-state index >= 15 is 0 Å². The molecule has 0 N–H and O–H groups in total. The van der Waals surface area contributed by atoms with E-state index in [1.807, 2.05) is 24.3 Å². The first kappa shape index (κ1) is 16.1. The lowest BCUT2D eigenvalue weighted by atomic mass is 10.0. The Hall–Kier alpha value is -2.76. The second-order valence-corrected chi connectivity index (χ2v) is 6.61. The predicted octanol–water partition coefficient (Wildman–Crippen LogP) is 4.26. The van der Waals surface area contributed by atoms with Crippen LogP contribution in [0.3, 0.4) is 0 Å². The number of carbonyl (C=O) groups excluding carboxylic acids is 2. The third kappa shape index (κ3) is 3.13. The number of cyclic esters (lactones) is 4. The van der Waals surface area contributed by atoms with Crippen LogP contribution in [0.2, 0.25) is 0 Å². The summed E-state index contributed by atoms with van der Waals surface area (Å²) in [6.07, 6.45) is 2.12. The highest BCUT2D eigenvalue weighted by Crippen LogP contribution is 2.33. The molecule has 1 aromatic carbocycles. The molecule has 126 valence electrons. The van der Waals surface area contributed by atoms with Crippen molar-refractivity contribution in [2.24, 2.45) is 0 Å². The van der Waals surface area contributed by atoms with E-state index in [4.69, 9.17) is 18.9 Å². The zero-order valence-electron chi connectivity index (χ0n) is 13.9. The molecule has 2 aliphatic rings. The summed E-state index contributed by atoms with van der Waals surface area (Å²) in [6, 6.07) is 7.47. The molecule has 0 aromatic heterocycles. The van der Waals surface area contributed by atoms with Gasteiger partial charge in [0.15, 0.2) is 22.7 Å². The highest BCUT2D eigenvalue weighted by atomic mass is 16.8. The highest BCUT2D eigenvalue weighted by Gasteiger charge is 2.40. The van der Waals surface area contributed by atoms with Gasteiger partial charge in [0.25, 0.3) is 0 Å². The smallest absolute Gasteiger partial charge is 0.420 e. The van der Waals surface area contributed by atoms with Gasteiger partial charge in [-0.05, 0) is 51.0 Å². The van der Waals surface area contributed by atoms with Crippen LogP contribution < -0.4 is 0 Å². The first-order valence-corrected chi connectivity index (χ1v) is 7.52. The number of carbonyl (C=O) groups is 2. The van der Waals surface area contributed by atoms with Crippen molar-refractivity contribution in [3.63, 3.8) is 0 Å². The Bertz CT molecular complexity index is 687. The summed E-state index contributed by atoms with van der Waals surface area (Å²) in [5, 5.41) is 0. The summed E-state index contributed by atoms with van der Waals surface area (Å²) in [5.41, 5.74) is 0.156. The van der Waals surface area contributed by atoms with E-state index in [-0.39, 0.29) is 0 Å². The number of hydrogen-bond donors (Lipinski definition) is 0. The Morgan fingerprint density at radius 2 is 1.04 bits per heavy atom. The van der Waals surface area contributed by atoms with E-state index in [2.05, 4.69) is 0 Å². The van der Waals surface area contributed by atoms with Crippen LogP contribution in [0, 0.1) is 0 Å². The van der Waals surface area contributed by atoms with Crippen molar-refractivity contribution in [2.45, 2.75) is 38.9 Å². The summed E-state index contributed by atoms with van der Waals surface area (Å²) < 4.78 is 20.3. The van der Waals surface area contributed by atoms with E-state index in [0.29, 0.717) is 11.5 Å². The molecular formula is C18H18O6. The third-order valence-corrected chi connectivity index (χ3v) is 3.78. The predicted molar refractivity (Wildman–Crippen MR) is 85.7 cm³/mol. The molecular weight excluding hydrogens is 312 g/mol. The first-order valence-electron chi connectivity index (χ1n) is 7.52. The summed E-state index contributed by atoms with van der Waals surface area (Å²) >= 11 is 0. The maximum Gasteiger partial charge on any atom is 0.514 e. The molecule has 0 unspecified atom stereocenters. The van der Waals surface area contributed by atoms with E-state index in [1.54, 1.807) is 39.8 Å². The molecule has 0 radical (unpaired) electrons. The zero-order valence-corrected chi connectivity index (χ0v) is 13.9. The Morgan fingerprint density at radius 3 is 1.29 bits per heavy atom. The van der Waals surface area contributed by atoms with Crippen molar-refractivity contribution < 1.29 is 28.5 Å². The fraction of sp³-hybridized carbons (Fsp3) is 0.333. The number of rotatable bonds is 2. The van der Waals surface area contributed by atoms with Crippen LogP contribution >= 0.6 is 0 Å². The largest absolute Gasteiger partial charge is 0.514 e. The molecule has 0 spiro atoms. The van der Waals surface area contributed by atoms with Gasteiger partial charge in [0.2, 0.25) is 0 Å². The van der Waals surface area contributed by atoms with Crippen LogP contribution in [-0.4, -0.2) is 23.5 Å². The van der Waals surface area contributed by atoms with Gasteiger partial charge in [0.1, 0.15) is 0 Å². The molecule has 0 amide bonds. The average molecular weight is 330 g/mol. The van der Waals surface area contributed by atoms with Crippen molar-refractivity contribution in [3.8, 4) is 0 Å². The van der Waals surface area contributed by atoms with Gasteiger partial charge in [-0.1, -0.05) is 24.3 Å². The minimum Gasteiger partial charge on any atom is -0.420 e. The minimum absolute atomic E-state index is 0.456. The second-order valence-electron chi connectivity index (χ2n) is 6.61. The standard InChI is InChI=1S/C18H18O6/c1-17(2)13(21-15(19)23-17)9-11-5-7-12(8-6-11)10-14-18(3,4)24-16(20)22-14/h5-10H,1-4H3/b13-9-,14-10-. The van der Waals surface area contributed by atoms with Crippen LogP contribution in [0.5, 0.6) is 0 Å². The molecule has 3 rings (SSSR count). The second kappa shape index (κ2) is 5.40. The fourth-order valence-electron chi connectivity index (χ4n) is 2.38. The zero-order chi connectivity index (χ0) is 17.5. The van der Waals surface area contributed by atoms with Gasteiger partial charge in [0.05, 0.1) is 0 Å². The lowest BCUT2D eigenvalue weighted by Gasteiger charge is -2.14. The van der Waals surface area contributed by atoms with E-state index in [0.717, 1.165) is 11.1 Å². The third-order valence-electron chi connectivity index (χ3n) is 3.78. The maximum absolute atomic E-state index is 11.2. The quantitative estimate of drug-likeness (QED) is 0.755. The average Bonchev–Trinajstić information content (AvgIpc) is 2.86. The molecule has 6 heteroatoms. The molecule has 0 bridgehead atoms. The van der Waals surface area contributed by atoms with Crippen LogP contribution in [-0.2, 0) is 18.9 Å². The molecule has 0 saturated carbocycles. The molecule has 0 atom stereocenters. The molecule has 1 aromatic rings. The van der Waals surface area contributed by atoms with Gasteiger partial charge in [-0.3, -0.25) is 0 Å². The van der Waals surface area contributed by atoms with Gasteiger partial charge in [-0.25, -0.2) is 9.59 Å². The number of benzene rings is 1. The van der Waals surface area contributed by atoms with Crippen LogP contribution in [0.15, 0.2) is 35.8 Å². The Kier molecular flexibility index (Phi) is 3.63. The highest BCUT2D eigenvalue weighted by molar-refractivity contribution is 5.71. The molecule has 6 nitrogen and oxygen atoms in total. The summed E-state index contributed by atoms with van der Waals surface area (Å²) in [7, 11) is 0. The normalized spacial score (nSPS) is 24.5. The maximum atomic E-state index is 11.2. The van der Waals surface area contributed by atoms with Gasteiger partial charge < -0.3 is 18.9 Å². The van der Waals surface area contributed by atoms with E-state index in [1.165, 1.54) is 0 Å².